The Kier molecular flexibility index (Phi) is 7.69. The largest absolute Gasteiger partial charge is 0.384 e. The fourth-order valence-corrected chi connectivity index (χ4v) is 4.03. The molecule has 2 aliphatic heterocycles. The van der Waals surface area contributed by atoms with E-state index in [4.69, 9.17) is 4.74 Å². The van der Waals surface area contributed by atoms with Crippen molar-refractivity contribution < 1.29 is 13.9 Å². The second kappa shape index (κ2) is 10.4. The van der Waals surface area contributed by atoms with E-state index in [1.165, 1.54) is 12.1 Å². The molecule has 0 aromatic heterocycles. The number of anilines is 1. The molecule has 0 bridgehead atoms. The molecule has 29 heavy (non-hydrogen) atoms. The summed E-state index contributed by atoms with van der Waals surface area (Å²) in [6.45, 7) is 6.17. The van der Waals surface area contributed by atoms with Gasteiger partial charge in [-0.2, -0.15) is 0 Å². The van der Waals surface area contributed by atoms with Crippen LogP contribution in [-0.4, -0.2) is 88.2 Å². The number of guanidine groups is 1. The van der Waals surface area contributed by atoms with E-state index >= 15 is 0 Å². The first-order chi connectivity index (χ1) is 14.1. The molecule has 0 saturated carbocycles. The summed E-state index contributed by atoms with van der Waals surface area (Å²) in [5, 5.41) is 3.33. The molecule has 1 atom stereocenters. The van der Waals surface area contributed by atoms with Gasteiger partial charge in [-0.25, -0.2) is 4.39 Å². The van der Waals surface area contributed by atoms with Crippen LogP contribution < -0.4 is 10.2 Å². The average Bonchev–Trinajstić information content (AvgIpc) is 3.20. The Morgan fingerprint density at radius 2 is 1.90 bits per heavy atom. The van der Waals surface area contributed by atoms with E-state index in [1.807, 2.05) is 4.90 Å². The molecular weight excluding hydrogens is 373 g/mol. The summed E-state index contributed by atoms with van der Waals surface area (Å²) in [6.07, 6.45) is 1.55. The number of nitrogens with zero attached hydrogens (tertiary/aromatic N) is 4. The molecule has 0 spiro atoms. The van der Waals surface area contributed by atoms with Crippen LogP contribution in [0.4, 0.5) is 10.1 Å². The zero-order valence-corrected chi connectivity index (χ0v) is 17.4. The van der Waals surface area contributed by atoms with Crippen LogP contribution in [0.2, 0.25) is 0 Å². The summed E-state index contributed by atoms with van der Waals surface area (Å²) in [5.74, 6) is 1.33. The van der Waals surface area contributed by atoms with Crippen molar-refractivity contribution in [1.29, 1.82) is 0 Å². The Morgan fingerprint density at radius 1 is 1.17 bits per heavy atom. The fraction of sp³-hybridized carbons (Fsp3) is 0.619. The first-order valence-electron chi connectivity index (χ1n) is 10.3. The van der Waals surface area contributed by atoms with E-state index in [9.17, 15) is 9.18 Å². The third kappa shape index (κ3) is 5.82. The Balaban J connectivity index is 1.38. The van der Waals surface area contributed by atoms with Crippen molar-refractivity contribution in [3.63, 3.8) is 0 Å². The van der Waals surface area contributed by atoms with E-state index < -0.39 is 0 Å². The first kappa shape index (κ1) is 21.4. The number of methoxy groups -OCH3 is 1. The Morgan fingerprint density at radius 3 is 2.55 bits per heavy atom. The van der Waals surface area contributed by atoms with Crippen molar-refractivity contribution in [3.8, 4) is 0 Å². The molecule has 3 rings (SSSR count). The number of amides is 1. The molecule has 8 heteroatoms. The molecule has 2 fully saturated rings. The molecule has 1 N–H and O–H groups in total. The number of hydrogen-bond donors (Lipinski definition) is 1. The maximum absolute atomic E-state index is 13.1. The molecule has 2 heterocycles. The van der Waals surface area contributed by atoms with Gasteiger partial charge in [-0.3, -0.25) is 9.79 Å². The van der Waals surface area contributed by atoms with Crippen LogP contribution in [-0.2, 0) is 9.53 Å². The lowest BCUT2D eigenvalue weighted by Gasteiger charge is -2.36. The molecule has 1 aromatic carbocycles. The van der Waals surface area contributed by atoms with Gasteiger partial charge < -0.3 is 24.8 Å². The second-order valence-electron chi connectivity index (χ2n) is 7.62. The Hall–Kier alpha value is -2.35. The molecule has 0 radical (unpaired) electrons. The van der Waals surface area contributed by atoms with Crippen LogP contribution in [0, 0.1) is 11.7 Å². The molecule has 0 aliphatic carbocycles. The third-order valence-corrected chi connectivity index (χ3v) is 5.65. The smallest absolute Gasteiger partial charge is 0.224 e. The molecule has 1 amide bonds. The van der Waals surface area contributed by atoms with Gasteiger partial charge in [0.1, 0.15) is 5.82 Å². The lowest BCUT2D eigenvalue weighted by molar-refractivity contribution is -0.131. The first-order valence-corrected chi connectivity index (χ1v) is 10.3. The van der Waals surface area contributed by atoms with Crippen molar-refractivity contribution in [2.75, 3.05) is 71.5 Å². The summed E-state index contributed by atoms with van der Waals surface area (Å²) in [7, 11) is 3.52. The predicted octanol–water partition coefficient (Wildman–Crippen LogP) is 1.41. The summed E-state index contributed by atoms with van der Waals surface area (Å²) in [4.78, 5) is 23.2. The van der Waals surface area contributed by atoms with Gasteiger partial charge in [0.15, 0.2) is 5.96 Å². The Bertz CT molecular complexity index is 689. The number of carbonyl (C=O) groups is 1. The van der Waals surface area contributed by atoms with Gasteiger partial charge in [0, 0.05) is 78.0 Å². The highest BCUT2D eigenvalue weighted by atomic mass is 19.1. The van der Waals surface area contributed by atoms with Crippen LogP contribution in [0.15, 0.2) is 29.3 Å². The van der Waals surface area contributed by atoms with Crippen molar-refractivity contribution in [1.82, 2.24) is 15.1 Å². The number of hydrogen-bond acceptors (Lipinski definition) is 4. The molecule has 160 valence electrons. The summed E-state index contributed by atoms with van der Waals surface area (Å²) < 4.78 is 18.3. The summed E-state index contributed by atoms with van der Waals surface area (Å²) >= 11 is 0. The number of ether oxygens (including phenoxy) is 1. The van der Waals surface area contributed by atoms with Crippen LogP contribution in [0.25, 0.3) is 0 Å². The molecule has 1 aromatic rings. The molecule has 2 saturated heterocycles. The van der Waals surface area contributed by atoms with Gasteiger partial charge in [0.05, 0.1) is 6.61 Å². The van der Waals surface area contributed by atoms with Gasteiger partial charge in [-0.1, -0.05) is 0 Å². The highest BCUT2D eigenvalue weighted by molar-refractivity contribution is 5.81. The normalized spacial score (nSPS) is 20.3. The van der Waals surface area contributed by atoms with Crippen LogP contribution in [0.1, 0.15) is 12.8 Å². The summed E-state index contributed by atoms with van der Waals surface area (Å²) in [6, 6.07) is 6.53. The maximum atomic E-state index is 13.1. The standard InChI is InChI=1S/C21H32FN5O2/c1-23-21(27-10-8-17(15-27)16-29-2)24-9-7-20(28)26-13-11-25(12-14-26)19-5-3-18(22)4-6-19/h3-6,17H,7-16H2,1-2H3,(H,23,24). The number of aliphatic imine (C=N–C) groups is 1. The minimum atomic E-state index is -0.229. The van der Waals surface area contributed by atoms with E-state index in [1.54, 1.807) is 26.3 Å². The number of piperazine rings is 1. The highest BCUT2D eigenvalue weighted by Crippen LogP contribution is 2.18. The van der Waals surface area contributed by atoms with Crippen molar-refractivity contribution in [3.05, 3.63) is 30.1 Å². The Labute approximate surface area is 172 Å². The average molecular weight is 406 g/mol. The number of likely N-dealkylation sites (tertiary alicyclic amines) is 1. The van der Waals surface area contributed by atoms with Crippen LogP contribution in [0.5, 0.6) is 0 Å². The number of carbonyl (C=O) groups excluding carboxylic acids is 1. The minimum Gasteiger partial charge on any atom is -0.384 e. The highest BCUT2D eigenvalue weighted by Gasteiger charge is 2.25. The van der Waals surface area contributed by atoms with E-state index in [0.717, 1.165) is 50.9 Å². The van der Waals surface area contributed by atoms with Gasteiger partial charge in [0.25, 0.3) is 0 Å². The number of nitrogens with one attached hydrogen (secondary N) is 1. The minimum absolute atomic E-state index is 0.158. The number of benzene rings is 1. The van der Waals surface area contributed by atoms with Gasteiger partial charge in [0.2, 0.25) is 5.91 Å². The second-order valence-corrected chi connectivity index (χ2v) is 7.62. The van der Waals surface area contributed by atoms with E-state index in [0.29, 0.717) is 32.0 Å². The monoisotopic (exact) mass is 405 g/mol. The zero-order chi connectivity index (χ0) is 20.6. The topological polar surface area (TPSA) is 60.4 Å². The SMILES string of the molecule is CN=C(NCCC(=O)N1CCN(c2ccc(F)cc2)CC1)N1CCC(COC)C1. The van der Waals surface area contributed by atoms with E-state index in [-0.39, 0.29) is 11.7 Å². The quantitative estimate of drug-likeness (QED) is 0.573. The van der Waals surface area contributed by atoms with Crippen molar-refractivity contribution in [2.45, 2.75) is 12.8 Å². The van der Waals surface area contributed by atoms with Crippen LogP contribution >= 0.6 is 0 Å². The third-order valence-electron chi connectivity index (χ3n) is 5.65. The fourth-order valence-electron chi connectivity index (χ4n) is 4.03. The van der Waals surface area contributed by atoms with Gasteiger partial charge in [-0.15, -0.1) is 0 Å². The molecule has 1 unspecified atom stereocenters. The predicted molar refractivity (Wildman–Crippen MR) is 113 cm³/mol. The van der Waals surface area contributed by atoms with Gasteiger partial charge in [-0.05, 0) is 30.7 Å². The lowest BCUT2D eigenvalue weighted by atomic mass is 10.1. The molecule has 2 aliphatic rings. The van der Waals surface area contributed by atoms with Crippen LogP contribution in [0.3, 0.4) is 0 Å². The molecular formula is C21H32FN5O2. The van der Waals surface area contributed by atoms with Gasteiger partial charge >= 0.3 is 0 Å². The van der Waals surface area contributed by atoms with Crippen molar-refractivity contribution in [2.24, 2.45) is 10.9 Å². The van der Waals surface area contributed by atoms with Crippen molar-refractivity contribution >= 4 is 17.6 Å². The number of halogens is 1. The zero-order valence-electron chi connectivity index (χ0n) is 17.4. The maximum Gasteiger partial charge on any atom is 0.224 e. The molecule has 7 nitrogen and oxygen atoms in total. The summed E-state index contributed by atoms with van der Waals surface area (Å²) in [5.41, 5.74) is 1.00. The lowest BCUT2D eigenvalue weighted by Crippen LogP contribution is -2.49. The number of rotatable bonds is 6. The van der Waals surface area contributed by atoms with E-state index in [2.05, 4.69) is 20.1 Å².